The van der Waals surface area contributed by atoms with E-state index in [0.717, 1.165) is 70.5 Å². The van der Waals surface area contributed by atoms with Crippen LogP contribution in [-0.4, -0.2) is 63.3 Å². The lowest BCUT2D eigenvalue weighted by Crippen LogP contribution is -2.49. The van der Waals surface area contributed by atoms with E-state index in [1.807, 2.05) is 23.1 Å². The van der Waals surface area contributed by atoms with Gasteiger partial charge in [-0.2, -0.15) is 5.10 Å². The first kappa shape index (κ1) is 25.4. The van der Waals surface area contributed by atoms with E-state index in [-0.39, 0.29) is 23.7 Å². The summed E-state index contributed by atoms with van der Waals surface area (Å²) < 4.78 is 22.4. The first-order valence-electron chi connectivity index (χ1n) is 13.4. The normalized spacial score (nSPS) is 18.9. The van der Waals surface area contributed by atoms with Crippen LogP contribution < -0.4 is 4.74 Å². The summed E-state index contributed by atoms with van der Waals surface area (Å²) in [4.78, 5) is 21.1. The summed E-state index contributed by atoms with van der Waals surface area (Å²) in [6.45, 7) is 4.40. The summed E-state index contributed by atoms with van der Waals surface area (Å²) in [6, 6.07) is 15.4. The molecule has 0 N–H and O–H groups in total. The van der Waals surface area contributed by atoms with Crippen molar-refractivity contribution in [2.24, 2.45) is 5.41 Å². The van der Waals surface area contributed by atoms with Gasteiger partial charge in [0.15, 0.2) is 0 Å². The molecule has 1 spiro atoms. The topological polar surface area (TPSA) is 63.5 Å². The van der Waals surface area contributed by atoms with E-state index in [4.69, 9.17) is 4.74 Å². The number of halogens is 1. The van der Waals surface area contributed by atoms with Crippen LogP contribution in [0.5, 0.6) is 5.75 Å². The van der Waals surface area contributed by atoms with Crippen molar-refractivity contribution in [1.82, 2.24) is 24.6 Å². The van der Waals surface area contributed by atoms with Crippen molar-refractivity contribution in [3.8, 4) is 5.75 Å². The van der Waals surface area contributed by atoms with Crippen molar-refractivity contribution in [2.75, 3.05) is 32.8 Å². The molecule has 5 rings (SSSR count). The van der Waals surface area contributed by atoms with Gasteiger partial charge in [0.25, 0.3) is 0 Å². The second-order valence-corrected chi connectivity index (χ2v) is 10.4. The van der Waals surface area contributed by atoms with E-state index < -0.39 is 0 Å². The third-order valence-electron chi connectivity index (χ3n) is 7.89. The van der Waals surface area contributed by atoms with Gasteiger partial charge in [0.2, 0.25) is 5.91 Å². The smallest absolute Gasteiger partial charge is 0.244 e. The Morgan fingerprint density at radius 2 is 1.81 bits per heavy atom. The van der Waals surface area contributed by atoms with Gasteiger partial charge in [0.1, 0.15) is 37.4 Å². The number of hydrogen-bond acceptors (Lipinski definition) is 5. The number of ether oxygens (including phenoxy) is 1. The second-order valence-electron chi connectivity index (χ2n) is 10.4. The van der Waals surface area contributed by atoms with Gasteiger partial charge in [0, 0.05) is 38.3 Å². The van der Waals surface area contributed by atoms with E-state index in [1.54, 1.807) is 17.1 Å². The number of hydrogen-bond donors (Lipinski definition) is 0. The van der Waals surface area contributed by atoms with E-state index in [9.17, 15) is 9.18 Å². The minimum absolute atomic E-state index is 0.0849. The molecule has 0 aliphatic carbocycles. The van der Waals surface area contributed by atoms with E-state index >= 15 is 0 Å². The second kappa shape index (κ2) is 11.9. The summed E-state index contributed by atoms with van der Waals surface area (Å²) in [5.41, 5.74) is 2.06. The molecule has 196 valence electrons. The molecule has 8 heteroatoms. The van der Waals surface area contributed by atoms with Crippen LogP contribution in [0.3, 0.4) is 0 Å². The van der Waals surface area contributed by atoms with Crippen LogP contribution in [0.4, 0.5) is 4.39 Å². The number of nitrogens with zero attached hydrogens (tertiary/aromatic N) is 5. The lowest BCUT2D eigenvalue weighted by Gasteiger charge is -2.45. The number of piperidine rings is 1. The molecule has 2 aliphatic rings. The van der Waals surface area contributed by atoms with E-state index in [2.05, 4.69) is 33.2 Å². The highest BCUT2D eigenvalue weighted by Gasteiger charge is 2.37. The lowest BCUT2D eigenvalue weighted by atomic mass is 9.73. The number of carbonyl (C=O) groups is 1. The minimum atomic E-state index is -0.164. The van der Waals surface area contributed by atoms with Gasteiger partial charge in [-0.1, -0.05) is 42.8 Å². The average molecular weight is 506 g/mol. The number of likely N-dealkylation sites (tertiary alicyclic amines) is 1. The third-order valence-corrected chi connectivity index (χ3v) is 7.89. The molecule has 1 aromatic heterocycles. The van der Waals surface area contributed by atoms with Crippen molar-refractivity contribution in [2.45, 2.75) is 51.6 Å². The number of rotatable bonds is 4. The first-order valence-corrected chi connectivity index (χ1v) is 13.4. The molecular formula is C29H36FN5O2. The number of fused-ring (bicyclic) bond motifs is 1. The number of aryl methyl sites for hydroxylation is 1. The highest BCUT2D eigenvalue weighted by molar-refractivity contribution is 5.76. The molecule has 3 aromatic rings. The molecule has 0 radical (unpaired) electrons. The third kappa shape index (κ3) is 6.55. The molecule has 7 nitrogen and oxygen atoms in total. The zero-order chi connectivity index (χ0) is 25.5. The number of benzene rings is 2. The van der Waals surface area contributed by atoms with Crippen molar-refractivity contribution in [1.29, 1.82) is 0 Å². The van der Waals surface area contributed by atoms with Gasteiger partial charge in [-0.3, -0.25) is 9.69 Å². The van der Waals surface area contributed by atoms with Crippen LogP contribution >= 0.6 is 0 Å². The number of carbonyl (C=O) groups excluding carboxylic acids is 1. The zero-order valence-corrected chi connectivity index (χ0v) is 21.4. The Morgan fingerprint density at radius 1 is 1.00 bits per heavy atom. The molecule has 0 atom stereocenters. The predicted molar refractivity (Wildman–Crippen MR) is 139 cm³/mol. The van der Waals surface area contributed by atoms with Crippen molar-refractivity contribution in [3.63, 3.8) is 0 Å². The summed E-state index contributed by atoms with van der Waals surface area (Å²) in [7, 11) is 0. The molecule has 1 saturated heterocycles. The molecule has 2 aliphatic heterocycles. The highest BCUT2D eigenvalue weighted by Crippen LogP contribution is 2.39. The van der Waals surface area contributed by atoms with Crippen LogP contribution in [0.1, 0.15) is 43.2 Å². The van der Waals surface area contributed by atoms with Crippen molar-refractivity contribution >= 4 is 5.91 Å². The van der Waals surface area contributed by atoms with Crippen molar-refractivity contribution in [3.05, 3.63) is 78.1 Å². The Kier molecular flexibility index (Phi) is 8.14. The molecule has 1 amide bonds. The number of para-hydroxylation sites is 1. The first-order chi connectivity index (χ1) is 18.1. The molecule has 0 saturated carbocycles. The summed E-state index contributed by atoms with van der Waals surface area (Å²) in [5, 5.41) is 4.07. The van der Waals surface area contributed by atoms with Gasteiger partial charge < -0.3 is 9.64 Å². The van der Waals surface area contributed by atoms with Crippen LogP contribution in [0.15, 0.2) is 61.2 Å². The van der Waals surface area contributed by atoms with Gasteiger partial charge in [-0.15, -0.1) is 0 Å². The summed E-state index contributed by atoms with van der Waals surface area (Å²) in [6.07, 6.45) is 9.26. The van der Waals surface area contributed by atoms with Gasteiger partial charge >= 0.3 is 0 Å². The largest absolute Gasteiger partial charge is 0.492 e. The zero-order valence-electron chi connectivity index (χ0n) is 21.4. The van der Waals surface area contributed by atoms with Crippen LogP contribution in [0.2, 0.25) is 0 Å². The SMILES string of the molecule is O=C(Cn1cncn1)N1CCC2(CCCCc3ccccc3OCCN(Cc3ccccc3F)C2)CC1. The van der Waals surface area contributed by atoms with Crippen molar-refractivity contribution < 1.29 is 13.9 Å². The highest BCUT2D eigenvalue weighted by atomic mass is 19.1. The summed E-state index contributed by atoms with van der Waals surface area (Å²) in [5.74, 6) is 0.881. The molecule has 37 heavy (non-hydrogen) atoms. The molecule has 1 fully saturated rings. The summed E-state index contributed by atoms with van der Waals surface area (Å²) >= 11 is 0. The molecular weight excluding hydrogens is 469 g/mol. The number of aromatic nitrogens is 3. The fourth-order valence-corrected chi connectivity index (χ4v) is 5.78. The maximum Gasteiger partial charge on any atom is 0.244 e. The average Bonchev–Trinajstić information content (AvgIpc) is 3.41. The monoisotopic (exact) mass is 505 g/mol. The quantitative estimate of drug-likeness (QED) is 0.528. The van der Waals surface area contributed by atoms with E-state index in [0.29, 0.717) is 18.7 Å². The predicted octanol–water partition coefficient (Wildman–Crippen LogP) is 4.33. The molecule has 0 unspecified atom stereocenters. The molecule has 0 bridgehead atoms. The Morgan fingerprint density at radius 3 is 2.62 bits per heavy atom. The minimum Gasteiger partial charge on any atom is -0.492 e. The fraction of sp³-hybridized carbons (Fsp3) is 0.483. The van der Waals surface area contributed by atoms with Crippen LogP contribution in [0.25, 0.3) is 0 Å². The maximum atomic E-state index is 14.6. The van der Waals surface area contributed by atoms with E-state index in [1.165, 1.54) is 18.0 Å². The number of amides is 1. The van der Waals surface area contributed by atoms with Gasteiger partial charge in [-0.25, -0.2) is 14.1 Å². The maximum absolute atomic E-state index is 14.6. The Hall–Kier alpha value is -3.26. The standard InChI is InChI=1S/C29H36FN5O2/c30-26-10-3-1-9-25(26)19-33-17-18-37-27-11-4-2-7-24(27)8-5-6-12-29(21-33)13-15-34(16-14-29)28(36)20-35-23-31-22-32-35/h1-4,7,9-11,22-23H,5-6,8,12-21H2. The molecule has 3 heterocycles. The van der Waals surface area contributed by atoms with Gasteiger partial charge in [-0.05, 0) is 55.2 Å². The Labute approximate surface area is 218 Å². The van der Waals surface area contributed by atoms with Crippen LogP contribution in [0, 0.1) is 11.2 Å². The molecule has 2 aromatic carbocycles. The van der Waals surface area contributed by atoms with Crippen LogP contribution in [-0.2, 0) is 24.3 Å². The lowest BCUT2D eigenvalue weighted by molar-refractivity contribution is -0.134. The Balaban J connectivity index is 1.31. The fourth-order valence-electron chi connectivity index (χ4n) is 5.78. The van der Waals surface area contributed by atoms with Gasteiger partial charge in [0.05, 0.1) is 0 Å². The Bertz CT molecular complexity index is 1160.